The number of rotatable bonds is 3. The van der Waals surface area contributed by atoms with Gasteiger partial charge in [0.25, 0.3) is 0 Å². The zero-order valence-electron chi connectivity index (χ0n) is 34.7. The topological polar surface area (TPSA) is 13.1 Å². The van der Waals surface area contributed by atoms with Gasteiger partial charge in [0, 0.05) is 11.0 Å². The van der Waals surface area contributed by atoms with Gasteiger partial charge in [0.05, 0.1) is 6.26 Å². The van der Waals surface area contributed by atoms with Crippen molar-refractivity contribution in [1.82, 2.24) is 0 Å². The average molecular weight is 769 g/mol. The van der Waals surface area contributed by atoms with Gasteiger partial charge in [-0.05, 0) is 169 Å². The fourth-order valence-electron chi connectivity index (χ4n) is 10.6. The zero-order valence-corrected chi connectivity index (χ0v) is 34.7. The summed E-state index contributed by atoms with van der Waals surface area (Å²) in [6.45, 7) is 11.8. The molecule has 0 spiro atoms. The van der Waals surface area contributed by atoms with Crippen molar-refractivity contribution in [1.29, 1.82) is 0 Å². The Kier molecular flexibility index (Phi) is 7.31. The second-order valence-electron chi connectivity index (χ2n) is 18.5. The monoisotopic (exact) mass is 768 g/mol. The fourth-order valence-corrected chi connectivity index (χ4v) is 10.6. The highest BCUT2D eigenvalue weighted by molar-refractivity contribution is 6.26. The minimum Gasteiger partial charge on any atom is -0.464 e. The lowest BCUT2D eigenvalue weighted by molar-refractivity contribution is 0.582. The van der Waals surface area contributed by atoms with Gasteiger partial charge in [0.1, 0.15) is 5.76 Å². The third-order valence-corrected chi connectivity index (χ3v) is 13.7. The third-order valence-electron chi connectivity index (χ3n) is 13.7. The van der Waals surface area contributed by atoms with E-state index in [0.717, 1.165) is 11.3 Å². The van der Waals surface area contributed by atoms with Gasteiger partial charge < -0.3 is 4.42 Å². The molecule has 60 heavy (non-hydrogen) atoms. The summed E-state index contributed by atoms with van der Waals surface area (Å²) in [6, 6.07) is 64.0. The van der Waals surface area contributed by atoms with E-state index in [4.69, 9.17) is 4.42 Å². The molecule has 0 aliphatic heterocycles. The first-order valence-electron chi connectivity index (χ1n) is 21.2. The van der Waals surface area contributed by atoms with Crippen molar-refractivity contribution < 1.29 is 4.42 Å². The lowest BCUT2D eigenvalue weighted by Crippen LogP contribution is -2.15. The number of hydrogen-bond acceptors (Lipinski definition) is 1. The van der Waals surface area contributed by atoms with Gasteiger partial charge in [0.2, 0.25) is 0 Å². The Labute approximate surface area is 350 Å². The number of fused-ring (bicyclic) bond motifs is 12. The van der Waals surface area contributed by atoms with E-state index in [2.05, 4.69) is 192 Å². The van der Waals surface area contributed by atoms with Crippen molar-refractivity contribution in [2.24, 2.45) is 0 Å². The second-order valence-corrected chi connectivity index (χ2v) is 18.5. The summed E-state index contributed by atoms with van der Waals surface area (Å²) < 4.78 is 5.74. The van der Waals surface area contributed by atoms with Gasteiger partial charge in [-0.25, -0.2) is 0 Å². The van der Waals surface area contributed by atoms with Crippen LogP contribution in [-0.2, 0) is 10.8 Å². The molecule has 0 fully saturated rings. The predicted molar refractivity (Wildman–Crippen MR) is 256 cm³/mol. The first-order chi connectivity index (χ1) is 29.1. The molecular weight excluding hydrogens is 725 g/mol. The lowest BCUT2D eigenvalue weighted by Gasteiger charge is -2.24. The van der Waals surface area contributed by atoms with E-state index < -0.39 is 0 Å². The van der Waals surface area contributed by atoms with E-state index in [9.17, 15) is 0 Å². The van der Waals surface area contributed by atoms with Gasteiger partial charge in [-0.15, -0.1) is 0 Å². The largest absolute Gasteiger partial charge is 0.464 e. The van der Waals surface area contributed by atoms with Crippen LogP contribution in [0.4, 0.5) is 0 Å². The number of hydrogen-bond donors (Lipinski definition) is 0. The van der Waals surface area contributed by atoms with Crippen LogP contribution in [0.1, 0.15) is 51.3 Å². The van der Waals surface area contributed by atoms with Crippen LogP contribution in [-0.4, -0.2) is 0 Å². The SMILES string of the molecule is CC(C)(C)c1ccc2c(-c3ccc4c(c3)C(C)(C)c3cc5c6ccccc6c6ccccc6c5cc3-4)c3ccccc3c(-c3ccc4cc(-c5ccco5)ccc4c3)c2c1. The Morgan fingerprint density at radius 2 is 0.900 bits per heavy atom. The molecule has 12 rings (SSSR count). The summed E-state index contributed by atoms with van der Waals surface area (Å²) >= 11 is 0. The molecule has 0 saturated heterocycles. The Bertz CT molecular complexity index is 3590. The van der Waals surface area contributed by atoms with Crippen LogP contribution in [0, 0.1) is 0 Å². The van der Waals surface area contributed by atoms with Gasteiger partial charge in [0.15, 0.2) is 0 Å². The van der Waals surface area contributed by atoms with E-state index in [1.54, 1.807) is 6.26 Å². The first kappa shape index (κ1) is 35.0. The standard InChI is InChI=1S/C59H44O/c1-58(2,3)40-25-27-48-52(32-40)57(38-23-21-35-29-37(22-20-36(35)30-38)55-19-12-28-60-55)47-18-11-10-17-46(47)56(48)39-24-26-45-51-33-49-43-15-8-6-13-41(43)42-14-7-9-16-44(42)50(49)34-54(51)59(4,5)53(45)31-39/h6-34H,1-5H3. The zero-order chi connectivity index (χ0) is 40.5. The molecule has 10 aromatic carbocycles. The van der Waals surface area contributed by atoms with Crippen LogP contribution in [0.15, 0.2) is 181 Å². The van der Waals surface area contributed by atoms with Crippen molar-refractivity contribution >= 4 is 64.6 Å². The Morgan fingerprint density at radius 1 is 0.383 bits per heavy atom. The van der Waals surface area contributed by atoms with Gasteiger partial charge in [-0.3, -0.25) is 0 Å². The van der Waals surface area contributed by atoms with Gasteiger partial charge >= 0.3 is 0 Å². The van der Waals surface area contributed by atoms with Crippen molar-refractivity contribution in [2.75, 3.05) is 0 Å². The molecular formula is C59H44O. The summed E-state index contributed by atoms with van der Waals surface area (Å²) in [5.41, 5.74) is 12.8. The normalized spacial score (nSPS) is 13.6. The second kappa shape index (κ2) is 12.5. The smallest absolute Gasteiger partial charge is 0.133 e. The molecule has 0 bridgehead atoms. The highest BCUT2D eigenvalue weighted by atomic mass is 16.3. The molecule has 1 aliphatic rings. The molecule has 0 atom stereocenters. The Morgan fingerprint density at radius 3 is 1.53 bits per heavy atom. The van der Waals surface area contributed by atoms with Crippen molar-refractivity contribution in [3.63, 3.8) is 0 Å². The number of benzene rings is 10. The molecule has 11 aromatic rings. The molecule has 1 aromatic heterocycles. The van der Waals surface area contributed by atoms with E-state index in [1.807, 2.05) is 12.1 Å². The molecule has 286 valence electrons. The molecule has 0 radical (unpaired) electrons. The molecule has 0 unspecified atom stereocenters. The summed E-state index contributed by atoms with van der Waals surface area (Å²) in [5, 5.41) is 15.4. The van der Waals surface area contributed by atoms with Crippen molar-refractivity contribution in [3.05, 3.63) is 193 Å². The molecule has 1 aliphatic carbocycles. The highest BCUT2D eigenvalue weighted by Gasteiger charge is 2.36. The van der Waals surface area contributed by atoms with Gasteiger partial charge in [-0.1, -0.05) is 156 Å². The molecule has 0 N–H and O–H groups in total. The van der Waals surface area contributed by atoms with Crippen molar-refractivity contribution in [3.8, 4) is 44.7 Å². The Hall–Kier alpha value is -6.96. The third kappa shape index (κ3) is 5.05. The Balaban J connectivity index is 1.09. The fraction of sp³-hybridized carbons (Fsp3) is 0.119. The minimum absolute atomic E-state index is 0.00747. The maximum absolute atomic E-state index is 5.74. The molecule has 1 nitrogen and oxygen atoms in total. The predicted octanol–water partition coefficient (Wildman–Crippen LogP) is 16.8. The highest BCUT2D eigenvalue weighted by Crippen LogP contribution is 2.54. The minimum atomic E-state index is -0.186. The molecule has 1 heterocycles. The van der Waals surface area contributed by atoms with Gasteiger partial charge in [-0.2, -0.15) is 0 Å². The van der Waals surface area contributed by atoms with E-state index >= 15 is 0 Å². The van der Waals surface area contributed by atoms with Crippen LogP contribution in [0.5, 0.6) is 0 Å². The van der Waals surface area contributed by atoms with Crippen molar-refractivity contribution in [2.45, 2.75) is 45.4 Å². The molecule has 0 amide bonds. The van der Waals surface area contributed by atoms with Crippen LogP contribution < -0.4 is 0 Å². The van der Waals surface area contributed by atoms with E-state index in [1.165, 1.54) is 115 Å². The summed E-state index contributed by atoms with van der Waals surface area (Å²) in [5.74, 6) is 0.887. The maximum atomic E-state index is 5.74. The van der Waals surface area contributed by atoms with E-state index in [-0.39, 0.29) is 10.8 Å². The maximum Gasteiger partial charge on any atom is 0.133 e. The van der Waals surface area contributed by atoms with Crippen LogP contribution in [0.2, 0.25) is 0 Å². The van der Waals surface area contributed by atoms with E-state index in [0.29, 0.717) is 0 Å². The van der Waals surface area contributed by atoms with Crippen LogP contribution in [0.3, 0.4) is 0 Å². The quantitative estimate of drug-likeness (QED) is 0.129. The van der Waals surface area contributed by atoms with Crippen LogP contribution >= 0.6 is 0 Å². The first-order valence-corrected chi connectivity index (χ1v) is 21.2. The molecule has 1 heteroatoms. The summed E-state index contributed by atoms with van der Waals surface area (Å²) in [6.07, 6.45) is 1.74. The summed E-state index contributed by atoms with van der Waals surface area (Å²) in [7, 11) is 0. The summed E-state index contributed by atoms with van der Waals surface area (Å²) in [4.78, 5) is 0. The average Bonchev–Trinajstić information content (AvgIpc) is 3.89. The molecule has 0 saturated carbocycles. The number of furan rings is 1. The lowest BCUT2D eigenvalue weighted by atomic mass is 9.79. The van der Waals surface area contributed by atoms with Crippen LogP contribution in [0.25, 0.3) is 109 Å².